The summed E-state index contributed by atoms with van der Waals surface area (Å²) < 4.78 is 5.23. The summed E-state index contributed by atoms with van der Waals surface area (Å²) in [7, 11) is 0. The summed E-state index contributed by atoms with van der Waals surface area (Å²) in [6.07, 6.45) is 1.74. The fourth-order valence-corrected chi connectivity index (χ4v) is 2.19. The number of hydrogen-bond donors (Lipinski definition) is 0. The zero-order valence-electron chi connectivity index (χ0n) is 10.7. The van der Waals surface area contributed by atoms with Gasteiger partial charge in [0.2, 0.25) is 5.24 Å². The van der Waals surface area contributed by atoms with Gasteiger partial charge in [-0.15, -0.1) is 0 Å². The predicted octanol–water partition coefficient (Wildman–Crippen LogP) is 3.45. The van der Waals surface area contributed by atoms with Gasteiger partial charge in [0, 0.05) is 18.6 Å². The molecule has 0 N–H and O–H groups in total. The van der Waals surface area contributed by atoms with Crippen LogP contribution in [0.2, 0.25) is 0 Å². The molecular weight excluding hydrogens is 282 g/mol. The Morgan fingerprint density at radius 1 is 1.40 bits per heavy atom. The Bertz CT molecular complexity index is 638. The fraction of sp³-hybridized carbons (Fsp3) is 0.214. The summed E-state index contributed by atoms with van der Waals surface area (Å²) in [5, 5.41) is 10.2. The minimum Gasteiger partial charge on any atom is -0.469 e. The Labute approximate surface area is 120 Å². The highest BCUT2D eigenvalue weighted by atomic mass is 35.5. The zero-order chi connectivity index (χ0) is 14.8. The van der Waals surface area contributed by atoms with Crippen molar-refractivity contribution < 1.29 is 14.1 Å². The molecule has 0 radical (unpaired) electrons. The molecular formula is C14H12ClNO4. The van der Waals surface area contributed by atoms with E-state index >= 15 is 0 Å². The average molecular weight is 294 g/mol. The molecule has 0 spiro atoms. The molecule has 1 unspecified atom stereocenters. The number of carbonyl (C=O) groups is 1. The molecule has 104 valence electrons. The van der Waals surface area contributed by atoms with Gasteiger partial charge < -0.3 is 4.42 Å². The molecule has 0 fully saturated rings. The van der Waals surface area contributed by atoms with Crippen LogP contribution in [-0.2, 0) is 16.6 Å². The molecule has 2 rings (SSSR count). The monoisotopic (exact) mass is 293 g/mol. The van der Waals surface area contributed by atoms with Crippen LogP contribution in [0.5, 0.6) is 0 Å². The fourth-order valence-electron chi connectivity index (χ4n) is 2.01. The van der Waals surface area contributed by atoms with E-state index in [-0.39, 0.29) is 12.1 Å². The average Bonchev–Trinajstić information content (AvgIpc) is 2.91. The van der Waals surface area contributed by atoms with Gasteiger partial charge in [-0.25, -0.2) is 0 Å². The van der Waals surface area contributed by atoms with Crippen molar-refractivity contribution in [1.29, 1.82) is 0 Å². The number of halogens is 1. The lowest BCUT2D eigenvalue weighted by Gasteiger charge is -2.24. The highest BCUT2D eigenvalue weighted by Gasteiger charge is 2.36. The SMILES string of the molecule is CC(Cc1ccco1)(C(=O)Cl)c1cccc([N+](=O)[O-])c1. The van der Waals surface area contributed by atoms with Crippen LogP contribution in [-0.4, -0.2) is 10.2 Å². The molecule has 6 heteroatoms. The van der Waals surface area contributed by atoms with Crippen LogP contribution in [0, 0.1) is 10.1 Å². The van der Waals surface area contributed by atoms with E-state index in [0.29, 0.717) is 11.3 Å². The Kier molecular flexibility index (Phi) is 3.90. The number of rotatable bonds is 5. The van der Waals surface area contributed by atoms with Crippen molar-refractivity contribution in [2.24, 2.45) is 0 Å². The number of non-ortho nitro benzene ring substituents is 1. The number of furan rings is 1. The third-order valence-corrected chi connectivity index (χ3v) is 3.65. The molecule has 20 heavy (non-hydrogen) atoms. The lowest BCUT2D eigenvalue weighted by atomic mass is 9.80. The maximum Gasteiger partial charge on any atom is 0.269 e. The van der Waals surface area contributed by atoms with Crippen LogP contribution in [0.15, 0.2) is 47.1 Å². The maximum atomic E-state index is 11.8. The lowest BCUT2D eigenvalue weighted by Crippen LogP contribution is -2.31. The molecule has 0 amide bonds. The molecule has 0 aliphatic rings. The number of benzene rings is 1. The van der Waals surface area contributed by atoms with Crippen molar-refractivity contribution in [2.45, 2.75) is 18.8 Å². The Morgan fingerprint density at radius 2 is 2.15 bits per heavy atom. The number of nitrogens with zero attached hydrogens (tertiary/aromatic N) is 1. The summed E-state index contributed by atoms with van der Waals surface area (Å²) in [6, 6.07) is 9.36. The highest BCUT2D eigenvalue weighted by molar-refractivity contribution is 6.65. The van der Waals surface area contributed by atoms with E-state index in [1.807, 2.05) is 0 Å². The van der Waals surface area contributed by atoms with Crippen molar-refractivity contribution in [1.82, 2.24) is 0 Å². The second-order valence-corrected chi connectivity index (χ2v) is 5.01. The Hall–Kier alpha value is -2.14. The zero-order valence-corrected chi connectivity index (χ0v) is 11.5. The van der Waals surface area contributed by atoms with Gasteiger partial charge in [0.25, 0.3) is 5.69 Å². The van der Waals surface area contributed by atoms with Gasteiger partial charge in [0.15, 0.2) is 0 Å². The first-order valence-electron chi connectivity index (χ1n) is 5.91. The third-order valence-electron chi connectivity index (χ3n) is 3.24. The van der Waals surface area contributed by atoms with Gasteiger partial charge in [-0.2, -0.15) is 0 Å². The van der Waals surface area contributed by atoms with Crippen molar-refractivity contribution in [3.63, 3.8) is 0 Å². The molecule has 0 saturated heterocycles. The van der Waals surface area contributed by atoms with Crippen LogP contribution >= 0.6 is 11.6 Å². The van der Waals surface area contributed by atoms with E-state index in [9.17, 15) is 14.9 Å². The molecule has 1 atom stereocenters. The maximum absolute atomic E-state index is 11.8. The van der Waals surface area contributed by atoms with E-state index < -0.39 is 15.6 Å². The number of hydrogen-bond acceptors (Lipinski definition) is 4. The van der Waals surface area contributed by atoms with Crippen LogP contribution in [0.3, 0.4) is 0 Å². The van der Waals surface area contributed by atoms with Gasteiger partial charge in [0.1, 0.15) is 5.76 Å². The second-order valence-electron chi connectivity index (χ2n) is 4.67. The van der Waals surface area contributed by atoms with Crippen molar-refractivity contribution in [3.8, 4) is 0 Å². The smallest absolute Gasteiger partial charge is 0.269 e. The first-order chi connectivity index (χ1) is 9.43. The molecule has 1 heterocycles. The highest BCUT2D eigenvalue weighted by Crippen LogP contribution is 2.32. The minimum atomic E-state index is -1.08. The lowest BCUT2D eigenvalue weighted by molar-refractivity contribution is -0.384. The number of carbonyl (C=O) groups excluding carboxylic acids is 1. The van der Waals surface area contributed by atoms with Gasteiger partial charge in [-0.3, -0.25) is 14.9 Å². The van der Waals surface area contributed by atoms with E-state index in [2.05, 4.69) is 0 Å². The number of nitro groups is 1. The van der Waals surface area contributed by atoms with Crippen LogP contribution in [0.4, 0.5) is 5.69 Å². The molecule has 0 saturated carbocycles. The molecule has 0 aliphatic carbocycles. The minimum absolute atomic E-state index is 0.0777. The van der Waals surface area contributed by atoms with Crippen LogP contribution < -0.4 is 0 Å². The third kappa shape index (κ3) is 2.72. The molecule has 0 aliphatic heterocycles. The molecule has 0 bridgehead atoms. The second kappa shape index (κ2) is 5.46. The van der Waals surface area contributed by atoms with Gasteiger partial charge in [0.05, 0.1) is 16.6 Å². The van der Waals surface area contributed by atoms with E-state index in [1.165, 1.54) is 24.5 Å². The van der Waals surface area contributed by atoms with E-state index in [0.717, 1.165) is 0 Å². The summed E-state index contributed by atoms with van der Waals surface area (Å²) in [6.45, 7) is 1.64. The first kappa shape index (κ1) is 14.3. The van der Waals surface area contributed by atoms with E-state index in [1.54, 1.807) is 25.1 Å². The summed E-state index contributed by atoms with van der Waals surface area (Å²) >= 11 is 5.72. The van der Waals surface area contributed by atoms with Gasteiger partial charge in [-0.05, 0) is 36.2 Å². The van der Waals surface area contributed by atoms with E-state index in [4.69, 9.17) is 16.0 Å². The molecule has 2 aromatic rings. The van der Waals surface area contributed by atoms with Gasteiger partial charge in [-0.1, -0.05) is 12.1 Å². The normalized spacial score (nSPS) is 13.7. The van der Waals surface area contributed by atoms with Crippen molar-refractivity contribution in [2.75, 3.05) is 0 Å². The topological polar surface area (TPSA) is 73.3 Å². The van der Waals surface area contributed by atoms with Crippen LogP contribution in [0.25, 0.3) is 0 Å². The van der Waals surface area contributed by atoms with Crippen LogP contribution in [0.1, 0.15) is 18.2 Å². The molecule has 1 aromatic carbocycles. The van der Waals surface area contributed by atoms with Gasteiger partial charge >= 0.3 is 0 Å². The molecule has 5 nitrogen and oxygen atoms in total. The number of nitro benzene ring substituents is 1. The predicted molar refractivity (Wildman–Crippen MR) is 73.7 cm³/mol. The molecule has 1 aromatic heterocycles. The summed E-state index contributed by atoms with van der Waals surface area (Å²) in [5.41, 5.74) is -0.667. The summed E-state index contributed by atoms with van der Waals surface area (Å²) in [4.78, 5) is 22.2. The van der Waals surface area contributed by atoms with Crippen molar-refractivity contribution >= 4 is 22.5 Å². The quantitative estimate of drug-likeness (QED) is 0.481. The standard InChI is InChI=1S/C14H12ClNO4/c1-14(13(15)17,9-12-6-3-7-20-12)10-4-2-5-11(8-10)16(18)19/h2-8H,9H2,1H3. The van der Waals surface area contributed by atoms with Crippen molar-refractivity contribution in [3.05, 3.63) is 64.1 Å². The Morgan fingerprint density at radius 3 is 2.70 bits per heavy atom. The first-order valence-corrected chi connectivity index (χ1v) is 6.28. The Balaban J connectivity index is 2.44. The summed E-state index contributed by atoms with van der Waals surface area (Å²) in [5.74, 6) is 0.591. The largest absolute Gasteiger partial charge is 0.469 e.